The summed E-state index contributed by atoms with van der Waals surface area (Å²) in [5, 5.41) is 4.08. The van der Waals surface area contributed by atoms with Gasteiger partial charge in [-0.05, 0) is 19.3 Å². The van der Waals surface area contributed by atoms with Gasteiger partial charge < -0.3 is 5.73 Å². The molecule has 1 aliphatic rings. The van der Waals surface area contributed by atoms with Crippen molar-refractivity contribution in [2.24, 2.45) is 12.8 Å². The highest BCUT2D eigenvalue weighted by molar-refractivity contribution is 4.98. The first-order valence-corrected chi connectivity index (χ1v) is 4.87. The maximum Gasteiger partial charge on any atom is 0.138 e. The van der Waals surface area contributed by atoms with Crippen molar-refractivity contribution in [2.75, 3.05) is 0 Å². The summed E-state index contributed by atoms with van der Waals surface area (Å²) in [5.41, 5.74) is 5.92. The summed E-state index contributed by atoms with van der Waals surface area (Å²) in [6, 6.07) is 0.357. The Morgan fingerprint density at radius 2 is 2.38 bits per heavy atom. The molecule has 2 rings (SSSR count). The Morgan fingerprint density at radius 1 is 1.54 bits per heavy atom. The van der Waals surface area contributed by atoms with E-state index in [2.05, 4.69) is 10.1 Å². The lowest BCUT2D eigenvalue weighted by atomic mass is 9.85. The van der Waals surface area contributed by atoms with Gasteiger partial charge >= 0.3 is 0 Å². The van der Waals surface area contributed by atoms with Gasteiger partial charge in [-0.2, -0.15) is 5.10 Å². The fourth-order valence-corrected chi connectivity index (χ4v) is 2.14. The average Bonchev–Trinajstić information content (AvgIpc) is 2.51. The van der Waals surface area contributed by atoms with Gasteiger partial charge in [0.1, 0.15) is 12.2 Å². The fourth-order valence-electron chi connectivity index (χ4n) is 2.14. The van der Waals surface area contributed by atoms with Crippen molar-refractivity contribution in [1.82, 2.24) is 14.8 Å². The summed E-state index contributed by atoms with van der Waals surface area (Å²) < 4.78 is 1.86. The SMILES string of the molecule is Cn1ncnc1C1CCCC(N)C1. The third-order valence-corrected chi connectivity index (χ3v) is 2.83. The number of nitrogens with zero attached hydrogens (tertiary/aromatic N) is 3. The van der Waals surface area contributed by atoms with Crippen molar-refractivity contribution in [1.29, 1.82) is 0 Å². The van der Waals surface area contributed by atoms with E-state index in [1.807, 2.05) is 11.7 Å². The molecular weight excluding hydrogens is 164 g/mol. The lowest BCUT2D eigenvalue weighted by Crippen LogP contribution is -2.28. The molecule has 0 aliphatic heterocycles. The molecule has 0 radical (unpaired) electrons. The molecule has 0 aromatic carbocycles. The van der Waals surface area contributed by atoms with Crippen LogP contribution in [0.5, 0.6) is 0 Å². The van der Waals surface area contributed by atoms with Crippen LogP contribution in [0, 0.1) is 0 Å². The molecular formula is C9H16N4. The normalized spacial score (nSPS) is 29.1. The van der Waals surface area contributed by atoms with Gasteiger partial charge in [0.2, 0.25) is 0 Å². The van der Waals surface area contributed by atoms with Gasteiger partial charge in [-0.25, -0.2) is 4.98 Å². The minimum atomic E-state index is 0.357. The molecule has 2 unspecified atom stereocenters. The third-order valence-electron chi connectivity index (χ3n) is 2.83. The van der Waals surface area contributed by atoms with Gasteiger partial charge in [0.15, 0.2) is 0 Å². The Hall–Kier alpha value is -0.900. The summed E-state index contributed by atoms with van der Waals surface area (Å²) in [7, 11) is 1.95. The van der Waals surface area contributed by atoms with E-state index in [4.69, 9.17) is 5.73 Å². The molecule has 1 fully saturated rings. The average molecular weight is 180 g/mol. The van der Waals surface area contributed by atoms with Crippen LogP contribution in [0.4, 0.5) is 0 Å². The van der Waals surface area contributed by atoms with Crippen molar-refractivity contribution >= 4 is 0 Å². The van der Waals surface area contributed by atoms with E-state index in [-0.39, 0.29) is 0 Å². The predicted octanol–water partition coefficient (Wildman–Crippen LogP) is 0.800. The molecule has 1 aromatic rings. The van der Waals surface area contributed by atoms with E-state index in [0.717, 1.165) is 18.7 Å². The first-order chi connectivity index (χ1) is 6.27. The second-order valence-corrected chi connectivity index (χ2v) is 3.87. The van der Waals surface area contributed by atoms with E-state index in [1.165, 1.54) is 12.8 Å². The van der Waals surface area contributed by atoms with Crippen LogP contribution in [0.2, 0.25) is 0 Å². The van der Waals surface area contributed by atoms with Crippen LogP contribution in [-0.2, 0) is 7.05 Å². The van der Waals surface area contributed by atoms with Crippen molar-refractivity contribution < 1.29 is 0 Å². The van der Waals surface area contributed by atoms with Crippen molar-refractivity contribution in [3.05, 3.63) is 12.2 Å². The zero-order valence-electron chi connectivity index (χ0n) is 7.98. The second-order valence-electron chi connectivity index (χ2n) is 3.87. The highest BCUT2D eigenvalue weighted by atomic mass is 15.3. The molecule has 0 amide bonds. The molecule has 1 heterocycles. The van der Waals surface area contributed by atoms with Crippen LogP contribution in [0.15, 0.2) is 6.33 Å². The number of aromatic nitrogens is 3. The lowest BCUT2D eigenvalue weighted by Gasteiger charge is -2.25. The maximum atomic E-state index is 5.92. The van der Waals surface area contributed by atoms with Gasteiger partial charge in [0.25, 0.3) is 0 Å². The smallest absolute Gasteiger partial charge is 0.138 e. The number of hydrogen-bond donors (Lipinski definition) is 1. The highest BCUT2D eigenvalue weighted by Crippen LogP contribution is 2.30. The van der Waals surface area contributed by atoms with Crippen molar-refractivity contribution in [2.45, 2.75) is 37.6 Å². The number of rotatable bonds is 1. The van der Waals surface area contributed by atoms with Gasteiger partial charge in [-0.1, -0.05) is 6.42 Å². The van der Waals surface area contributed by atoms with Crippen LogP contribution < -0.4 is 5.73 Å². The van der Waals surface area contributed by atoms with E-state index in [9.17, 15) is 0 Å². The number of nitrogens with two attached hydrogens (primary N) is 1. The van der Waals surface area contributed by atoms with E-state index in [0.29, 0.717) is 12.0 Å². The van der Waals surface area contributed by atoms with Crippen molar-refractivity contribution in [3.63, 3.8) is 0 Å². The molecule has 1 aliphatic carbocycles. The van der Waals surface area contributed by atoms with Gasteiger partial charge in [0, 0.05) is 19.0 Å². The largest absolute Gasteiger partial charge is 0.328 e. The summed E-state index contributed by atoms with van der Waals surface area (Å²) in [4.78, 5) is 4.27. The van der Waals surface area contributed by atoms with Gasteiger partial charge in [-0.15, -0.1) is 0 Å². The van der Waals surface area contributed by atoms with Crippen LogP contribution >= 0.6 is 0 Å². The zero-order valence-corrected chi connectivity index (χ0v) is 7.98. The number of aryl methyl sites for hydroxylation is 1. The first-order valence-electron chi connectivity index (χ1n) is 4.87. The monoisotopic (exact) mass is 180 g/mol. The lowest BCUT2D eigenvalue weighted by molar-refractivity contribution is 0.374. The minimum absolute atomic E-state index is 0.357. The Kier molecular flexibility index (Phi) is 2.31. The topological polar surface area (TPSA) is 56.7 Å². The molecule has 4 heteroatoms. The summed E-state index contributed by atoms with van der Waals surface area (Å²) in [6.07, 6.45) is 6.27. The molecule has 2 N–H and O–H groups in total. The standard InChI is InChI=1S/C9H16N4/c1-13-9(11-6-12-13)7-3-2-4-8(10)5-7/h6-8H,2-5,10H2,1H3. The molecule has 2 atom stereocenters. The summed E-state index contributed by atoms with van der Waals surface area (Å²) in [5.74, 6) is 1.62. The van der Waals surface area contributed by atoms with E-state index in [1.54, 1.807) is 6.33 Å². The van der Waals surface area contributed by atoms with Crippen LogP contribution in [0.25, 0.3) is 0 Å². The zero-order chi connectivity index (χ0) is 9.26. The Labute approximate surface area is 78.1 Å². The first kappa shape index (κ1) is 8.69. The fraction of sp³-hybridized carbons (Fsp3) is 0.778. The molecule has 0 saturated heterocycles. The molecule has 1 aromatic heterocycles. The molecule has 13 heavy (non-hydrogen) atoms. The maximum absolute atomic E-state index is 5.92. The van der Waals surface area contributed by atoms with Crippen LogP contribution in [0.1, 0.15) is 37.4 Å². The Morgan fingerprint density at radius 3 is 3.00 bits per heavy atom. The highest BCUT2D eigenvalue weighted by Gasteiger charge is 2.23. The van der Waals surface area contributed by atoms with Crippen LogP contribution in [-0.4, -0.2) is 20.8 Å². The molecule has 0 bridgehead atoms. The van der Waals surface area contributed by atoms with Crippen LogP contribution in [0.3, 0.4) is 0 Å². The Balaban J connectivity index is 2.12. The summed E-state index contributed by atoms with van der Waals surface area (Å²) >= 11 is 0. The quantitative estimate of drug-likeness (QED) is 0.695. The molecule has 1 saturated carbocycles. The minimum Gasteiger partial charge on any atom is -0.328 e. The summed E-state index contributed by atoms with van der Waals surface area (Å²) in [6.45, 7) is 0. The molecule has 0 spiro atoms. The molecule has 4 nitrogen and oxygen atoms in total. The Bertz CT molecular complexity index is 281. The van der Waals surface area contributed by atoms with E-state index < -0.39 is 0 Å². The molecule has 72 valence electrons. The third kappa shape index (κ3) is 1.72. The predicted molar refractivity (Wildman–Crippen MR) is 50.2 cm³/mol. The van der Waals surface area contributed by atoms with Crippen molar-refractivity contribution in [3.8, 4) is 0 Å². The van der Waals surface area contributed by atoms with Gasteiger partial charge in [0.05, 0.1) is 0 Å². The number of hydrogen-bond acceptors (Lipinski definition) is 3. The van der Waals surface area contributed by atoms with E-state index >= 15 is 0 Å². The second kappa shape index (κ2) is 3.46. The van der Waals surface area contributed by atoms with Gasteiger partial charge in [-0.3, -0.25) is 4.68 Å².